The molecule has 0 unspecified atom stereocenters. The van der Waals surface area contributed by atoms with Gasteiger partial charge in [0.25, 0.3) is 5.17 Å². The minimum absolute atomic E-state index is 0.152. The molecule has 0 aromatic heterocycles. The molecule has 0 heterocycles. The summed E-state index contributed by atoms with van der Waals surface area (Å²) in [5, 5.41) is 0.462. The van der Waals surface area contributed by atoms with Crippen LogP contribution in [0.4, 0.5) is 0 Å². The van der Waals surface area contributed by atoms with Crippen LogP contribution in [0.5, 0.6) is 0 Å². The maximum absolute atomic E-state index is 5.48. The number of nitrogens with two attached hydrogens (primary N) is 1. The first kappa shape index (κ1) is 11.5. The quantitative estimate of drug-likeness (QED) is 0.463. The molecule has 0 spiro atoms. The van der Waals surface area contributed by atoms with E-state index in [1.54, 1.807) is 0 Å². The van der Waals surface area contributed by atoms with Crippen molar-refractivity contribution in [1.82, 2.24) is 10.9 Å². The lowest BCUT2D eigenvalue weighted by atomic mass is 9.98. The standard InChI is InChI=1S/C8H15N3OS2/c9-7(13)10-11-8(14)12-6-4-2-1-3-5-6/h6H,1-5H2,(H,11,14)(H3,9,10,13). The smallest absolute Gasteiger partial charge is 0.276 e. The topological polar surface area (TPSA) is 59.3 Å². The fraction of sp³-hybridized carbons (Fsp3) is 0.750. The number of hydrazine groups is 1. The number of hydrogen-bond donors (Lipinski definition) is 3. The van der Waals surface area contributed by atoms with E-state index in [-0.39, 0.29) is 11.2 Å². The summed E-state index contributed by atoms with van der Waals surface area (Å²) in [5.74, 6) is 0. The first-order valence-corrected chi connectivity index (χ1v) is 5.52. The second-order valence-corrected chi connectivity index (χ2v) is 4.09. The highest BCUT2D eigenvalue weighted by Gasteiger charge is 2.15. The van der Waals surface area contributed by atoms with Crippen molar-refractivity contribution in [2.45, 2.75) is 38.2 Å². The van der Waals surface area contributed by atoms with E-state index >= 15 is 0 Å². The van der Waals surface area contributed by atoms with Crippen LogP contribution >= 0.6 is 24.4 Å². The summed E-state index contributed by atoms with van der Waals surface area (Å²) in [6.45, 7) is 0. The van der Waals surface area contributed by atoms with Gasteiger partial charge in [-0.3, -0.25) is 10.9 Å². The molecule has 1 aliphatic carbocycles. The second kappa shape index (κ2) is 5.98. The summed E-state index contributed by atoms with van der Waals surface area (Å²) < 4.78 is 5.48. The predicted molar refractivity (Wildman–Crippen MR) is 63.6 cm³/mol. The van der Waals surface area contributed by atoms with Gasteiger partial charge in [-0.1, -0.05) is 6.42 Å². The molecule has 1 rings (SSSR count). The molecule has 0 aromatic rings. The van der Waals surface area contributed by atoms with Gasteiger partial charge in [-0.2, -0.15) is 0 Å². The van der Waals surface area contributed by atoms with Crippen LogP contribution in [0.15, 0.2) is 0 Å². The average molecular weight is 233 g/mol. The Morgan fingerprint density at radius 1 is 1.14 bits per heavy atom. The zero-order valence-electron chi connectivity index (χ0n) is 7.91. The van der Waals surface area contributed by atoms with Gasteiger partial charge in [-0.15, -0.1) is 0 Å². The number of nitrogens with one attached hydrogen (secondary N) is 2. The molecular formula is C8H15N3OS2. The van der Waals surface area contributed by atoms with Crippen molar-refractivity contribution in [1.29, 1.82) is 0 Å². The number of hydrogen-bond acceptors (Lipinski definition) is 3. The Bertz CT molecular complexity index is 217. The Morgan fingerprint density at radius 3 is 2.36 bits per heavy atom. The molecule has 4 nitrogen and oxygen atoms in total. The zero-order chi connectivity index (χ0) is 10.4. The zero-order valence-corrected chi connectivity index (χ0v) is 9.55. The Labute approximate surface area is 94.5 Å². The van der Waals surface area contributed by atoms with Gasteiger partial charge in [-0.25, -0.2) is 0 Å². The van der Waals surface area contributed by atoms with Gasteiger partial charge >= 0.3 is 0 Å². The summed E-state index contributed by atoms with van der Waals surface area (Å²) in [6, 6.07) is 0. The predicted octanol–water partition coefficient (Wildman–Crippen LogP) is 0.958. The van der Waals surface area contributed by atoms with Crippen LogP contribution in [-0.2, 0) is 4.74 Å². The van der Waals surface area contributed by atoms with Crippen LogP contribution in [0.25, 0.3) is 0 Å². The number of thiocarbonyl (C=S) groups is 2. The Hall–Kier alpha value is -0.620. The van der Waals surface area contributed by atoms with Crippen molar-refractivity contribution in [2.75, 3.05) is 0 Å². The molecule has 80 valence electrons. The van der Waals surface area contributed by atoms with E-state index in [1.807, 2.05) is 0 Å². The summed E-state index contributed by atoms with van der Waals surface area (Å²) in [6.07, 6.45) is 6.14. The number of rotatable bonds is 1. The third kappa shape index (κ3) is 4.57. The first-order valence-electron chi connectivity index (χ1n) is 4.70. The van der Waals surface area contributed by atoms with Gasteiger partial charge in [0.05, 0.1) is 0 Å². The van der Waals surface area contributed by atoms with Crippen LogP contribution in [0.2, 0.25) is 0 Å². The molecule has 4 N–H and O–H groups in total. The highest BCUT2D eigenvalue weighted by atomic mass is 32.1. The van der Waals surface area contributed by atoms with Gasteiger partial charge in [0.2, 0.25) is 0 Å². The molecule has 6 heteroatoms. The third-order valence-electron chi connectivity index (χ3n) is 2.11. The van der Waals surface area contributed by atoms with E-state index in [9.17, 15) is 0 Å². The average Bonchev–Trinajstić information content (AvgIpc) is 2.16. The van der Waals surface area contributed by atoms with Gasteiger partial charge < -0.3 is 10.5 Å². The first-order chi connectivity index (χ1) is 6.68. The van der Waals surface area contributed by atoms with Gasteiger partial charge in [-0.05, 0) is 50.1 Å². The Balaban J connectivity index is 2.15. The van der Waals surface area contributed by atoms with E-state index in [2.05, 4.69) is 23.1 Å². The third-order valence-corrected chi connectivity index (χ3v) is 2.41. The molecular weight excluding hydrogens is 218 g/mol. The monoisotopic (exact) mass is 233 g/mol. The van der Waals surface area contributed by atoms with E-state index in [1.165, 1.54) is 19.3 Å². The molecule has 0 aromatic carbocycles. The summed E-state index contributed by atoms with van der Waals surface area (Å²) >= 11 is 9.55. The van der Waals surface area contributed by atoms with E-state index in [0.29, 0.717) is 5.17 Å². The van der Waals surface area contributed by atoms with Crippen LogP contribution in [-0.4, -0.2) is 16.4 Å². The molecule has 0 saturated heterocycles. The maximum Gasteiger partial charge on any atom is 0.276 e. The maximum atomic E-state index is 5.48. The SMILES string of the molecule is NC(=S)NNC(=S)OC1CCCCC1. The van der Waals surface area contributed by atoms with Crippen LogP contribution in [0, 0.1) is 0 Å². The molecule has 0 radical (unpaired) electrons. The van der Waals surface area contributed by atoms with Crippen molar-refractivity contribution in [2.24, 2.45) is 5.73 Å². The van der Waals surface area contributed by atoms with E-state index in [0.717, 1.165) is 12.8 Å². The lowest BCUT2D eigenvalue weighted by Crippen LogP contribution is -2.45. The van der Waals surface area contributed by atoms with Crippen molar-refractivity contribution in [3.63, 3.8) is 0 Å². The van der Waals surface area contributed by atoms with Gasteiger partial charge in [0.15, 0.2) is 5.11 Å². The van der Waals surface area contributed by atoms with Crippen molar-refractivity contribution >= 4 is 34.7 Å². The fourth-order valence-electron chi connectivity index (χ4n) is 1.48. The van der Waals surface area contributed by atoms with Crippen molar-refractivity contribution in [3.05, 3.63) is 0 Å². The van der Waals surface area contributed by atoms with Crippen LogP contribution < -0.4 is 16.6 Å². The van der Waals surface area contributed by atoms with Crippen LogP contribution in [0.1, 0.15) is 32.1 Å². The molecule has 0 amide bonds. The Morgan fingerprint density at radius 2 is 1.79 bits per heavy atom. The van der Waals surface area contributed by atoms with Crippen molar-refractivity contribution < 1.29 is 4.74 Å². The molecule has 1 fully saturated rings. The van der Waals surface area contributed by atoms with E-state index in [4.69, 9.17) is 22.7 Å². The Kier molecular flexibility index (Phi) is 4.89. The minimum atomic E-state index is 0.152. The highest BCUT2D eigenvalue weighted by molar-refractivity contribution is 7.80. The normalized spacial score (nSPS) is 17.1. The molecule has 14 heavy (non-hydrogen) atoms. The summed E-state index contributed by atoms with van der Waals surface area (Å²) in [5.41, 5.74) is 10.4. The lowest BCUT2D eigenvalue weighted by Gasteiger charge is -2.23. The largest absolute Gasteiger partial charge is 0.467 e. The number of ether oxygens (including phenoxy) is 1. The van der Waals surface area contributed by atoms with Crippen molar-refractivity contribution in [3.8, 4) is 0 Å². The highest BCUT2D eigenvalue weighted by Crippen LogP contribution is 2.20. The molecule has 0 atom stereocenters. The second-order valence-electron chi connectivity index (χ2n) is 3.28. The van der Waals surface area contributed by atoms with Gasteiger partial charge in [0.1, 0.15) is 6.10 Å². The minimum Gasteiger partial charge on any atom is -0.467 e. The molecule has 0 aliphatic heterocycles. The molecule has 1 aliphatic rings. The summed E-state index contributed by atoms with van der Waals surface area (Å²) in [7, 11) is 0. The fourth-order valence-corrected chi connectivity index (χ4v) is 1.71. The van der Waals surface area contributed by atoms with E-state index < -0.39 is 0 Å². The van der Waals surface area contributed by atoms with Crippen LogP contribution in [0.3, 0.4) is 0 Å². The molecule has 1 saturated carbocycles. The summed E-state index contributed by atoms with van der Waals surface area (Å²) in [4.78, 5) is 0. The lowest BCUT2D eigenvalue weighted by molar-refractivity contribution is 0.140. The van der Waals surface area contributed by atoms with Gasteiger partial charge in [0, 0.05) is 0 Å². The molecule has 0 bridgehead atoms.